The van der Waals surface area contributed by atoms with Gasteiger partial charge in [-0.1, -0.05) is 151 Å². The van der Waals surface area contributed by atoms with Gasteiger partial charge in [0.05, 0.1) is 39.9 Å². The number of unbranched alkanes of at least 4 members (excludes halogenated alkanes) is 14. The van der Waals surface area contributed by atoms with E-state index in [-0.39, 0.29) is 12.5 Å². The van der Waals surface area contributed by atoms with Crippen LogP contribution in [0, 0.1) is 0 Å². The topological polar surface area (TPSA) is 108 Å². The number of hydrogen-bond donors (Lipinski definition) is 2. The summed E-state index contributed by atoms with van der Waals surface area (Å²) < 4.78 is 23.1. The van der Waals surface area contributed by atoms with Crippen LogP contribution < -0.4 is 10.2 Å². The molecule has 0 aliphatic carbocycles. The Labute approximate surface area is 332 Å². The normalized spacial score (nSPS) is 15.2. The Morgan fingerprint density at radius 3 is 1.72 bits per heavy atom. The van der Waals surface area contributed by atoms with Gasteiger partial charge in [0.2, 0.25) is 5.91 Å². The predicted molar refractivity (Wildman–Crippen MR) is 228 cm³/mol. The Balaban J connectivity index is 4.42. The number of likely N-dealkylation sites (N-methyl/N-ethyl adjacent to an activating group) is 1. The molecule has 0 aromatic rings. The fourth-order valence-electron chi connectivity index (χ4n) is 5.51. The van der Waals surface area contributed by atoms with Gasteiger partial charge in [-0.2, -0.15) is 0 Å². The maximum atomic E-state index is 12.8. The lowest BCUT2D eigenvalue weighted by Gasteiger charge is -2.29. The highest BCUT2D eigenvalue weighted by Gasteiger charge is 2.23. The van der Waals surface area contributed by atoms with Crippen molar-refractivity contribution in [3.8, 4) is 0 Å². The van der Waals surface area contributed by atoms with Crippen LogP contribution in [0.3, 0.4) is 0 Å². The monoisotopic (exact) mass is 777 g/mol. The van der Waals surface area contributed by atoms with Crippen molar-refractivity contribution in [2.75, 3.05) is 40.9 Å². The van der Waals surface area contributed by atoms with Crippen LogP contribution in [0.4, 0.5) is 0 Å². The molecule has 0 aromatic heterocycles. The standard InChI is InChI=1S/C45H81N2O6P/c1-6-8-10-12-14-16-18-19-20-21-22-23-24-25-26-27-29-31-33-35-37-39-45(49)46-43(42-53-54(50,51)52-41-40-47(3,4)5)44(48)38-36-34-32-30-28-17-15-13-11-9-7-2/h8,10,14,16,19-20,22-23,28,30,36,38,43-44,48H,6-7,9,11-13,15,17-18,21,24-27,29,31-35,37,39-42H2,1-5H3,(H-,46,49,50,51)/b10-8-,16-14-,20-19-,23-22-,30-28+,38-36+. The van der Waals surface area contributed by atoms with Crippen molar-refractivity contribution >= 4 is 13.7 Å². The van der Waals surface area contributed by atoms with Gasteiger partial charge < -0.3 is 28.8 Å². The number of amides is 1. The van der Waals surface area contributed by atoms with Crippen molar-refractivity contribution in [1.82, 2.24) is 5.32 Å². The van der Waals surface area contributed by atoms with E-state index >= 15 is 0 Å². The van der Waals surface area contributed by atoms with E-state index in [0.717, 1.165) is 77.0 Å². The van der Waals surface area contributed by atoms with Gasteiger partial charge in [-0.05, 0) is 70.6 Å². The van der Waals surface area contributed by atoms with Crippen LogP contribution in [0.1, 0.15) is 155 Å². The lowest BCUT2D eigenvalue weighted by molar-refractivity contribution is -0.870. The van der Waals surface area contributed by atoms with E-state index < -0.39 is 26.6 Å². The first kappa shape index (κ1) is 51.9. The molecule has 2 N–H and O–H groups in total. The fourth-order valence-corrected chi connectivity index (χ4v) is 6.23. The highest BCUT2D eigenvalue weighted by Crippen LogP contribution is 2.38. The number of hydrogen-bond acceptors (Lipinski definition) is 6. The first-order chi connectivity index (χ1) is 26.0. The van der Waals surface area contributed by atoms with Crippen molar-refractivity contribution < 1.29 is 32.9 Å². The largest absolute Gasteiger partial charge is 0.756 e. The first-order valence-corrected chi connectivity index (χ1v) is 22.8. The second-order valence-corrected chi connectivity index (χ2v) is 16.7. The molecule has 3 unspecified atom stereocenters. The number of nitrogens with one attached hydrogen (secondary N) is 1. The molecule has 1 amide bonds. The molecular formula is C45H81N2O6P. The fraction of sp³-hybridized carbons (Fsp3) is 0.711. The summed E-state index contributed by atoms with van der Waals surface area (Å²) in [7, 11) is 1.22. The molecule has 0 saturated heterocycles. The average molecular weight is 777 g/mol. The van der Waals surface area contributed by atoms with E-state index in [1.54, 1.807) is 6.08 Å². The smallest absolute Gasteiger partial charge is 0.268 e. The summed E-state index contributed by atoms with van der Waals surface area (Å²) in [6.07, 6.45) is 48.1. The Kier molecular flexibility index (Phi) is 35.2. The maximum absolute atomic E-state index is 12.8. The van der Waals surface area contributed by atoms with E-state index in [4.69, 9.17) is 9.05 Å². The van der Waals surface area contributed by atoms with Crippen LogP contribution in [0.5, 0.6) is 0 Å². The molecule has 3 atom stereocenters. The summed E-state index contributed by atoms with van der Waals surface area (Å²) in [5.41, 5.74) is 0. The average Bonchev–Trinajstić information content (AvgIpc) is 3.12. The van der Waals surface area contributed by atoms with Gasteiger partial charge in [0.25, 0.3) is 7.82 Å². The van der Waals surface area contributed by atoms with Crippen molar-refractivity contribution in [2.45, 2.75) is 167 Å². The molecular weight excluding hydrogens is 695 g/mol. The summed E-state index contributed by atoms with van der Waals surface area (Å²) in [5, 5.41) is 13.7. The number of aliphatic hydroxyl groups is 1. The maximum Gasteiger partial charge on any atom is 0.268 e. The van der Waals surface area contributed by atoms with Crippen molar-refractivity contribution in [1.29, 1.82) is 0 Å². The SMILES string of the molecule is CC/C=C\C/C=C\C/C=C\C/C=C\CCCCCCCCCCC(=O)NC(COP(=O)([O-])OCC[N+](C)(C)C)C(O)/C=C/CC/C=C/CCCCCCC. The summed E-state index contributed by atoms with van der Waals surface area (Å²) in [5.74, 6) is -0.222. The Morgan fingerprint density at radius 2 is 1.15 bits per heavy atom. The number of phosphoric acid groups is 1. The summed E-state index contributed by atoms with van der Waals surface area (Å²) in [6.45, 7) is 4.45. The van der Waals surface area contributed by atoms with Gasteiger partial charge in [-0.15, -0.1) is 0 Å². The zero-order chi connectivity index (χ0) is 40.0. The van der Waals surface area contributed by atoms with Gasteiger partial charge in [0, 0.05) is 6.42 Å². The molecule has 54 heavy (non-hydrogen) atoms. The third-order valence-corrected chi connectivity index (χ3v) is 9.86. The van der Waals surface area contributed by atoms with Gasteiger partial charge >= 0.3 is 0 Å². The van der Waals surface area contributed by atoms with Crippen molar-refractivity contribution in [3.05, 3.63) is 72.9 Å². The molecule has 0 saturated carbocycles. The predicted octanol–water partition coefficient (Wildman–Crippen LogP) is 11.0. The molecule has 0 bridgehead atoms. The van der Waals surface area contributed by atoms with Crippen molar-refractivity contribution in [3.63, 3.8) is 0 Å². The number of quaternary nitrogens is 1. The molecule has 0 aliphatic rings. The zero-order valence-corrected chi connectivity index (χ0v) is 36.0. The van der Waals surface area contributed by atoms with Crippen LogP contribution in [0.15, 0.2) is 72.9 Å². The van der Waals surface area contributed by atoms with E-state index in [2.05, 4.69) is 79.9 Å². The van der Waals surface area contributed by atoms with E-state index in [9.17, 15) is 19.4 Å². The molecule has 9 heteroatoms. The second kappa shape index (κ2) is 36.6. The minimum Gasteiger partial charge on any atom is -0.756 e. The summed E-state index contributed by atoms with van der Waals surface area (Å²) >= 11 is 0. The van der Waals surface area contributed by atoms with Crippen LogP contribution in [-0.2, 0) is 18.4 Å². The number of carbonyl (C=O) groups is 1. The Bertz CT molecular complexity index is 1110. The molecule has 0 spiro atoms. The lowest BCUT2D eigenvalue weighted by Crippen LogP contribution is -2.45. The van der Waals surface area contributed by atoms with Crippen LogP contribution >= 0.6 is 7.82 Å². The third kappa shape index (κ3) is 38.2. The molecule has 0 rings (SSSR count). The number of carbonyl (C=O) groups excluding carboxylic acids is 1. The zero-order valence-electron chi connectivity index (χ0n) is 35.1. The molecule has 8 nitrogen and oxygen atoms in total. The Morgan fingerprint density at radius 1 is 0.667 bits per heavy atom. The minimum absolute atomic E-state index is 0.0119. The van der Waals surface area contributed by atoms with Gasteiger partial charge in [-0.3, -0.25) is 9.36 Å². The van der Waals surface area contributed by atoms with E-state index in [0.29, 0.717) is 17.4 Å². The minimum atomic E-state index is -4.60. The number of rotatable bonds is 37. The summed E-state index contributed by atoms with van der Waals surface area (Å²) in [6, 6.07) is -0.909. The number of phosphoric ester groups is 1. The number of aliphatic hydroxyl groups excluding tert-OH is 1. The number of allylic oxidation sites excluding steroid dienone is 11. The van der Waals surface area contributed by atoms with Gasteiger partial charge in [-0.25, -0.2) is 0 Å². The second-order valence-electron chi connectivity index (χ2n) is 15.3. The molecule has 312 valence electrons. The molecule has 0 radical (unpaired) electrons. The van der Waals surface area contributed by atoms with Crippen LogP contribution in [0.25, 0.3) is 0 Å². The van der Waals surface area contributed by atoms with E-state index in [1.165, 1.54) is 57.8 Å². The van der Waals surface area contributed by atoms with Gasteiger partial charge in [0.15, 0.2) is 0 Å². The van der Waals surface area contributed by atoms with E-state index in [1.807, 2.05) is 27.2 Å². The highest BCUT2D eigenvalue weighted by molar-refractivity contribution is 7.45. The van der Waals surface area contributed by atoms with Crippen LogP contribution in [0.2, 0.25) is 0 Å². The first-order valence-electron chi connectivity index (χ1n) is 21.3. The number of nitrogens with zero attached hydrogens (tertiary/aromatic N) is 1. The lowest BCUT2D eigenvalue weighted by atomic mass is 10.1. The molecule has 0 aromatic carbocycles. The van der Waals surface area contributed by atoms with Crippen molar-refractivity contribution in [2.24, 2.45) is 0 Å². The quantitative estimate of drug-likeness (QED) is 0.0281. The highest BCUT2D eigenvalue weighted by atomic mass is 31.2. The molecule has 0 aliphatic heterocycles. The summed E-state index contributed by atoms with van der Waals surface area (Å²) in [4.78, 5) is 25.2. The Hall–Kier alpha value is -2.06. The van der Waals surface area contributed by atoms with Gasteiger partial charge in [0.1, 0.15) is 13.2 Å². The third-order valence-electron chi connectivity index (χ3n) is 8.90. The van der Waals surface area contributed by atoms with Crippen LogP contribution in [-0.4, -0.2) is 68.5 Å². The molecule has 0 fully saturated rings. The molecule has 0 heterocycles.